The maximum atomic E-state index is 15.3. The van der Waals surface area contributed by atoms with Crippen molar-refractivity contribution in [2.75, 3.05) is 25.4 Å². The predicted octanol–water partition coefficient (Wildman–Crippen LogP) is 4.51. The number of nitrogens with zero attached hydrogens (tertiary/aromatic N) is 2. The highest BCUT2D eigenvalue weighted by Crippen LogP contribution is 2.39. The maximum Gasteiger partial charge on any atom is 0.573 e. The van der Waals surface area contributed by atoms with E-state index < -0.39 is 23.8 Å². The lowest BCUT2D eigenvalue weighted by atomic mass is 9.85. The van der Waals surface area contributed by atoms with Crippen LogP contribution in [0.4, 0.5) is 23.2 Å². The van der Waals surface area contributed by atoms with E-state index in [4.69, 9.17) is 5.73 Å². The summed E-state index contributed by atoms with van der Waals surface area (Å²) < 4.78 is 56.6. The van der Waals surface area contributed by atoms with Gasteiger partial charge in [-0.05, 0) is 42.7 Å². The average molecular weight is 534 g/mol. The van der Waals surface area contributed by atoms with Crippen LogP contribution in [0, 0.1) is 11.2 Å². The zero-order valence-corrected chi connectivity index (χ0v) is 20.8. The van der Waals surface area contributed by atoms with Crippen LogP contribution in [-0.2, 0) is 6.42 Å². The Morgan fingerprint density at radius 2 is 1.95 bits per heavy atom. The smallest absolute Gasteiger partial charge is 0.406 e. The van der Waals surface area contributed by atoms with Crippen molar-refractivity contribution in [1.82, 2.24) is 20.2 Å². The molecule has 8 nitrogen and oxygen atoms in total. The topological polar surface area (TPSA) is 113 Å². The largest absolute Gasteiger partial charge is 0.573 e. The highest BCUT2D eigenvalue weighted by Gasteiger charge is 2.35. The zero-order chi connectivity index (χ0) is 27.4. The van der Waals surface area contributed by atoms with E-state index in [1.54, 1.807) is 0 Å². The number of nitrogens with one attached hydrogen (secondary N) is 2. The molecule has 0 atom stereocenters. The van der Waals surface area contributed by atoms with Gasteiger partial charge in [-0.3, -0.25) is 9.59 Å². The van der Waals surface area contributed by atoms with Crippen LogP contribution < -0.4 is 15.8 Å². The molecule has 1 fully saturated rings. The van der Waals surface area contributed by atoms with Crippen LogP contribution in [-0.4, -0.2) is 52.7 Å². The van der Waals surface area contributed by atoms with Gasteiger partial charge in [-0.15, -0.1) is 13.2 Å². The van der Waals surface area contributed by atoms with Crippen molar-refractivity contribution >= 4 is 28.5 Å². The molecule has 1 saturated heterocycles. The first-order chi connectivity index (χ1) is 17.8. The summed E-state index contributed by atoms with van der Waals surface area (Å²) >= 11 is 0. The van der Waals surface area contributed by atoms with Gasteiger partial charge in [-0.1, -0.05) is 13.8 Å². The summed E-state index contributed by atoms with van der Waals surface area (Å²) in [5.74, 6) is -2.00. The number of carbonyl (C=O) groups is 2. The number of carbonyl (C=O) groups excluding carboxylic acids is 2. The van der Waals surface area contributed by atoms with Crippen molar-refractivity contribution in [3.05, 3.63) is 52.6 Å². The second-order valence-corrected chi connectivity index (χ2v) is 10.6. The van der Waals surface area contributed by atoms with Crippen LogP contribution in [0.3, 0.4) is 0 Å². The number of hydrogen-bond donors (Lipinski definition) is 3. The number of nitrogens with two attached hydrogens (primary N) is 1. The summed E-state index contributed by atoms with van der Waals surface area (Å²) in [5.41, 5.74) is 7.59. The highest BCUT2D eigenvalue weighted by atomic mass is 19.4. The SMILES string of the molecule is CC1(C)CNC(=O)c2c([nH]c3ncc(F)c(C4CCN(C(=O)c5ccc(OC(F)(F)F)cc5N)CC4)c23)C1. The normalized spacial score (nSPS) is 18.2. The van der Waals surface area contributed by atoms with E-state index >= 15 is 4.39 Å². The molecule has 38 heavy (non-hydrogen) atoms. The number of pyridine rings is 1. The molecule has 12 heteroatoms. The third kappa shape index (κ3) is 4.86. The average Bonchev–Trinajstić information content (AvgIpc) is 3.13. The number of ether oxygens (including phenoxy) is 1. The highest BCUT2D eigenvalue weighted by molar-refractivity contribution is 6.09. The number of nitrogen functional groups attached to an aromatic ring is 1. The molecule has 2 aliphatic heterocycles. The number of fused-ring (bicyclic) bond motifs is 3. The van der Waals surface area contributed by atoms with E-state index in [1.807, 2.05) is 13.8 Å². The number of anilines is 1. The molecule has 1 aromatic carbocycles. The van der Waals surface area contributed by atoms with Gasteiger partial charge in [0, 0.05) is 48.0 Å². The Balaban J connectivity index is 1.38. The Morgan fingerprint density at radius 3 is 2.61 bits per heavy atom. The van der Waals surface area contributed by atoms with Crippen LogP contribution in [0.5, 0.6) is 5.75 Å². The van der Waals surface area contributed by atoms with E-state index in [0.717, 1.165) is 24.0 Å². The molecule has 2 aromatic heterocycles. The Hall–Kier alpha value is -3.83. The Labute approximate surface area is 215 Å². The fourth-order valence-corrected chi connectivity index (χ4v) is 5.41. The van der Waals surface area contributed by atoms with E-state index in [1.165, 1.54) is 11.0 Å². The lowest BCUT2D eigenvalue weighted by Gasteiger charge is -2.33. The van der Waals surface area contributed by atoms with E-state index in [0.29, 0.717) is 48.0 Å². The number of amides is 2. The molecule has 2 amide bonds. The summed E-state index contributed by atoms with van der Waals surface area (Å²) in [6, 6.07) is 3.20. The molecular weight excluding hydrogens is 506 g/mol. The van der Waals surface area contributed by atoms with Gasteiger partial charge in [0.2, 0.25) is 0 Å². The van der Waals surface area contributed by atoms with E-state index in [-0.39, 0.29) is 41.6 Å². The summed E-state index contributed by atoms with van der Waals surface area (Å²) in [5, 5.41) is 3.41. The number of benzene rings is 1. The third-order valence-electron chi connectivity index (χ3n) is 7.18. The van der Waals surface area contributed by atoms with Crippen molar-refractivity contribution in [3.8, 4) is 5.75 Å². The van der Waals surface area contributed by atoms with Gasteiger partial charge in [0.1, 0.15) is 17.2 Å². The van der Waals surface area contributed by atoms with Gasteiger partial charge in [-0.25, -0.2) is 9.37 Å². The molecule has 0 unspecified atom stereocenters. The lowest BCUT2D eigenvalue weighted by molar-refractivity contribution is -0.274. The molecule has 0 spiro atoms. The first-order valence-electron chi connectivity index (χ1n) is 12.2. The molecule has 0 bridgehead atoms. The quantitative estimate of drug-likeness (QED) is 0.339. The van der Waals surface area contributed by atoms with Gasteiger partial charge in [-0.2, -0.15) is 0 Å². The lowest BCUT2D eigenvalue weighted by Crippen LogP contribution is -2.38. The Kier molecular flexibility index (Phi) is 6.23. The number of halogens is 4. The predicted molar refractivity (Wildman–Crippen MR) is 131 cm³/mol. The molecule has 0 radical (unpaired) electrons. The summed E-state index contributed by atoms with van der Waals surface area (Å²) in [7, 11) is 0. The number of aromatic nitrogens is 2. The van der Waals surface area contributed by atoms with Gasteiger partial charge < -0.3 is 25.7 Å². The molecule has 4 N–H and O–H groups in total. The zero-order valence-electron chi connectivity index (χ0n) is 20.8. The summed E-state index contributed by atoms with van der Waals surface area (Å²) in [6.07, 6.45) is -2.28. The van der Waals surface area contributed by atoms with Crippen LogP contribution in [0.15, 0.2) is 24.4 Å². The first kappa shape index (κ1) is 25.8. The minimum Gasteiger partial charge on any atom is -0.406 e. The number of alkyl halides is 3. The fraction of sp³-hybridized carbons (Fsp3) is 0.423. The standard InChI is InChI=1S/C26H27F4N5O3/c1-25(2)10-18-20(23(36)33-12-25)21-19(16(27)11-32-22(21)34-18)13-5-7-35(8-6-13)24(37)15-4-3-14(9-17(15)31)38-26(28,29)30/h3-4,9,11,13H,5-8,10,12,31H2,1-2H3,(H,32,34)(H,33,36). The van der Waals surface area contributed by atoms with E-state index in [9.17, 15) is 22.8 Å². The van der Waals surface area contributed by atoms with Crippen LogP contribution >= 0.6 is 0 Å². The van der Waals surface area contributed by atoms with Gasteiger partial charge in [0.05, 0.1) is 17.3 Å². The van der Waals surface area contributed by atoms with Gasteiger partial charge in [0.15, 0.2) is 0 Å². The molecule has 3 aromatic rings. The van der Waals surface area contributed by atoms with Crippen LogP contribution in [0.2, 0.25) is 0 Å². The van der Waals surface area contributed by atoms with Crippen molar-refractivity contribution in [3.63, 3.8) is 0 Å². The van der Waals surface area contributed by atoms with Crippen molar-refractivity contribution < 1.29 is 31.9 Å². The molecule has 2 aliphatic rings. The molecule has 0 aliphatic carbocycles. The first-order valence-corrected chi connectivity index (χ1v) is 12.2. The molecule has 5 rings (SSSR count). The number of rotatable bonds is 3. The van der Waals surface area contributed by atoms with Crippen LogP contribution in [0.25, 0.3) is 11.0 Å². The number of piperidine rings is 1. The van der Waals surface area contributed by atoms with Crippen molar-refractivity contribution in [2.24, 2.45) is 5.41 Å². The van der Waals surface area contributed by atoms with Gasteiger partial charge in [0.25, 0.3) is 11.8 Å². The van der Waals surface area contributed by atoms with Crippen LogP contribution in [0.1, 0.15) is 64.6 Å². The molecule has 202 valence electrons. The summed E-state index contributed by atoms with van der Waals surface area (Å²) in [4.78, 5) is 35.1. The number of aromatic amines is 1. The number of hydrogen-bond acceptors (Lipinski definition) is 5. The van der Waals surface area contributed by atoms with E-state index in [2.05, 4.69) is 20.0 Å². The molecule has 0 saturated carbocycles. The number of H-pyrrole nitrogens is 1. The van der Waals surface area contributed by atoms with Crippen molar-refractivity contribution in [2.45, 2.75) is 45.4 Å². The Bertz CT molecular complexity index is 1420. The second kappa shape index (κ2) is 9.17. The third-order valence-corrected chi connectivity index (χ3v) is 7.18. The number of likely N-dealkylation sites (tertiary alicyclic amines) is 1. The second-order valence-electron chi connectivity index (χ2n) is 10.6. The Morgan fingerprint density at radius 1 is 1.24 bits per heavy atom. The molecular formula is C26H27F4N5O3. The minimum absolute atomic E-state index is 0.0608. The van der Waals surface area contributed by atoms with Gasteiger partial charge >= 0.3 is 6.36 Å². The molecule has 4 heterocycles. The summed E-state index contributed by atoms with van der Waals surface area (Å²) in [6.45, 7) is 5.12. The fourth-order valence-electron chi connectivity index (χ4n) is 5.41. The maximum absolute atomic E-state index is 15.3. The van der Waals surface area contributed by atoms with Crippen molar-refractivity contribution in [1.29, 1.82) is 0 Å². The minimum atomic E-state index is -4.87. The monoisotopic (exact) mass is 533 g/mol.